The third-order valence-corrected chi connectivity index (χ3v) is 24.4. The highest BCUT2D eigenvalue weighted by molar-refractivity contribution is 5.65. The molecule has 500 valence electrons. The highest BCUT2D eigenvalue weighted by Crippen LogP contribution is 2.80. The van der Waals surface area contributed by atoms with Gasteiger partial charge in [-0.1, -0.05) is 41.5 Å². The number of aliphatic hydroxyl groups excluding tert-OH is 14. The zero-order valence-corrected chi connectivity index (χ0v) is 51.0. The van der Waals surface area contributed by atoms with E-state index in [2.05, 4.69) is 41.5 Å². The molecule has 27 heteroatoms. The van der Waals surface area contributed by atoms with E-state index in [0.717, 1.165) is 51.4 Å². The maximum atomic E-state index is 12.7. The summed E-state index contributed by atoms with van der Waals surface area (Å²) in [5.74, 6) is 0.0615. The summed E-state index contributed by atoms with van der Waals surface area (Å²) in [6.45, 7) is 14.6. The first-order chi connectivity index (χ1) is 40.9. The minimum atomic E-state index is -1.95. The van der Waals surface area contributed by atoms with Crippen LogP contribution in [0.4, 0.5) is 0 Å². The van der Waals surface area contributed by atoms with Crippen LogP contribution in [-0.4, -0.2) is 276 Å². The smallest absolute Gasteiger partial charge is 0.302 e. The molecule has 6 heterocycles. The van der Waals surface area contributed by atoms with Crippen molar-refractivity contribution in [1.29, 1.82) is 0 Å². The number of rotatable bonds is 14. The molecule has 11 rings (SSSR count). The molecule has 0 unspecified atom stereocenters. The van der Waals surface area contributed by atoms with Gasteiger partial charge >= 0.3 is 5.97 Å². The molecule has 87 heavy (non-hydrogen) atoms. The predicted molar refractivity (Wildman–Crippen MR) is 292 cm³/mol. The summed E-state index contributed by atoms with van der Waals surface area (Å²) in [5, 5.41) is 155. The van der Waals surface area contributed by atoms with E-state index in [1.54, 1.807) is 0 Å². The summed E-state index contributed by atoms with van der Waals surface area (Å²) in [7, 11) is 0. The number of esters is 1. The zero-order chi connectivity index (χ0) is 63.0. The SMILES string of the molecule is CC(=O)OC[C@@]1(C)CC[C@]23CO[C@@]4(CC[C@@H]5[C@@]6(C)CC[C@H](O[C@@H]7OC[C@H](O[C@@H]8O[C@H](CO)[C@@H](O)[C@H](O[C@@H]9O[C@@H](C)[C@H](O)[C@@H](O)[C@H]9O)[C@H]8O[C@@H]8OC[C@@H](O)[C@H](O)[C@H]8O)[C@H](O)[C@H]7O[C@@H]7O[C@H](CO)[C@@H](O)[C@H](O)[C@H]7O)C(C)(C)[C@@H]6CC[C@@]5(C)[C@]4(C)C[C@H]2O)[C@@H]3C1. The summed E-state index contributed by atoms with van der Waals surface area (Å²) >= 11 is 0. The molecule has 14 N–H and O–H groups in total. The lowest BCUT2D eigenvalue weighted by molar-refractivity contribution is -0.404. The van der Waals surface area contributed by atoms with E-state index in [4.69, 9.17) is 56.8 Å². The molecule has 11 aliphatic rings. The normalized spacial score (nSPS) is 56.5. The predicted octanol–water partition coefficient (Wildman–Crippen LogP) is -2.68. The van der Waals surface area contributed by atoms with Crippen molar-refractivity contribution in [2.75, 3.05) is 39.6 Å². The number of carbonyl (C=O) groups excluding carboxylic acids is 1. The van der Waals surface area contributed by atoms with Crippen LogP contribution in [0.15, 0.2) is 0 Å². The number of hydrogen-bond donors (Lipinski definition) is 14. The van der Waals surface area contributed by atoms with Crippen LogP contribution in [0.3, 0.4) is 0 Å². The van der Waals surface area contributed by atoms with E-state index in [1.165, 1.54) is 13.8 Å². The Morgan fingerprint density at radius 3 is 1.83 bits per heavy atom. The number of aliphatic hydroxyl groups is 14. The maximum Gasteiger partial charge on any atom is 0.302 e. The minimum Gasteiger partial charge on any atom is -0.465 e. The van der Waals surface area contributed by atoms with Crippen LogP contribution in [-0.2, 0) is 61.6 Å². The quantitative estimate of drug-likeness (QED) is 0.0623. The number of carbonyl (C=O) groups is 1. The third-order valence-electron chi connectivity index (χ3n) is 24.4. The molecule has 6 saturated heterocycles. The highest BCUT2D eigenvalue weighted by Gasteiger charge is 2.80. The molecular weight excluding hydrogens is 1150 g/mol. The van der Waals surface area contributed by atoms with E-state index in [9.17, 15) is 76.3 Å². The fraction of sp³-hybridized carbons (Fsp3) is 0.983. The van der Waals surface area contributed by atoms with Crippen LogP contribution < -0.4 is 0 Å². The molecule has 34 atom stereocenters. The van der Waals surface area contributed by atoms with Gasteiger partial charge in [0.15, 0.2) is 31.5 Å². The zero-order valence-electron chi connectivity index (χ0n) is 51.0. The second-order valence-electron chi connectivity index (χ2n) is 29.4. The Hall–Kier alpha value is -1.53. The van der Waals surface area contributed by atoms with Crippen molar-refractivity contribution in [1.82, 2.24) is 0 Å². The van der Waals surface area contributed by atoms with Gasteiger partial charge in [0.25, 0.3) is 0 Å². The second-order valence-corrected chi connectivity index (χ2v) is 29.4. The van der Waals surface area contributed by atoms with Gasteiger partial charge in [-0.25, -0.2) is 0 Å². The molecule has 0 amide bonds. The summed E-state index contributed by atoms with van der Waals surface area (Å²) in [4.78, 5) is 12.1. The second kappa shape index (κ2) is 24.3. The molecule has 0 aromatic rings. The van der Waals surface area contributed by atoms with Crippen LogP contribution in [0.2, 0.25) is 0 Å². The van der Waals surface area contributed by atoms with E-state index < -0.39 is 196 Å². The minimum absolute atomic E-state index is 0.0748. The van der Waals surface area contributed by atoms with Crippen LogP contribution in [0, 0.1) is 50.2 Å². The largest absolute Gasteiger partial charge is 0.465 e. The number of ether oxygens (including phenoxy) is 12. The summed E-state index contributed by atoms with van der Waals surface area (Å²) in [6.07, 6.45) is -33.2. The summed E-state index contributed by atoms with van der Waals surface area (Å²) in [5.41, 5.74) is -2.59. The standard InChI is InChI=1S/C60H98O27/c1-25-36(66)41(71)44(74)50(80-25)85-46-39(69)29(20-62)82-53(48(46)87-49-43(73)37(67)27(64)21-76-49)83-30-22-77-52(47(40(30)70)86-51-45(75)42(72)38(68)28(19-61)81-51)84-35-11-12-56(6)31(54(35,3)4)9-13-57(7)32(56)10-14-60-33-17-55(5,23-78-26(2)63)15-16-59(33,24-79-60)34(65)18-58(57,60)8/h25,27-53,61-62,64-75H,9-24H2,1-8H3/t25-,27+,28+,29+,30-,31-,32+,33+,34+,35-,36-,37-,38+,39+,40-,41+,42-,43+,44+,45+,46-,47+,48+,49-,50-,51-,52-,53-,55-,56-,57+,58-,59+,60-/m0/s1. The number of fused-ring (bicyclic) bond motifs is 4. The van der Waals surface area contributed by atoms with Crippen LogP contribution >= 0.6 is 0 Å². The van der Waals surface area contributed by atoms with Crippen molar-refractivity contribution in [2.45, 2.75) is 279 Å². The van der Waals surface area contributed by atoms with Crippen molar-refractivity contribution in [2.24, 2.45) is 50.2 Å². The first-order valence-electron chi connectivity index (χ1n) is 31.5. The van der Waals surface area contributed by atoms with Gasteiger partial charge in [-0.15, -0.1) is 0 Å². The van der Waals surface area contributed by atoms with Crippen molar-refractivity contribution in [3.63, 3.8) is 0 Å². The fourth-order valence-corrected chi connectivity index (χ4v) is 19.1. The third kappa shape index (κ3) is 10.8. The molecule has 1 spiro atoms. The van der Waals surface area contributed by atoms with Crippen molar-refractivity contribution < 1.29 is 133 Å². The summed E-state index contributed by atoms with van der Waals surface area (Å²) < 4.78 is 74.8. The Morgan fingerprint density at radius 1 is 0.529 bits per heavy atom. The topological polar surface area (TPSA) is 411 Å². The first kappa shape index (κ1) is 66.9. The molecule has 5 saturated carbocycles. The van der Waals surface area contributed by atoms with Gasteiger partial charge in [-0.3, -0.25) is 4.79 Å². The van der Waals surface area contributed by atoms with Gasteiger partial charge in [-0.05, 0) is 105 Å². The fourth-order valence-electron chi connectivity index (χ4n) is 19.1. The molecule has 5 aliphatic carbocycles. The lowest BCUT2D eigenvalue weighted by atomic mass is 9.30. The van der Waals surface area contributed by atoms with Gasteiger partial charge in [0.2, 0.25) is 0 Å². The van der Waals surface area contributed by atoms with Crippen molar-refractivity contribution >= 4 is 5.97 Å². The Bertz CT molecular complexity index is 2410. The van der Waals surface area contributed by atoms with Crippen LogP contribution in [0.25, 0.3) is 0 Å². The van der Waals surface area contributed by atoms with Gasteiger partial charge in [0.05, 0.1) is 63.6 Å². The van der Waals surface area contributed by atoms with Gasteiger partial charge in [0, 0.05) is 23.2 Å². The molecule has 6 aliphatic heterocycles. The van der Waals surface area contributed by atoms with Gasteiger partial charge in [0.1, 0.15) is 104 Å². The van der Waals surface area contributed by atoms with Crippen LogP contribution in [0.1, 0.15) is 120 Å². The van der Waals surface area contributed by atoms with Crippen LogP contribution in [0.5, 0.6) is 0 Å². The monoisotopic (exact) mass is 1250 g/mol. The molecule has 0 aromatic heterocycles. The van der Waals surface area contributed by atoms with E-state index in [0.29, 0.717) is 26.1 Å². The average Bonchev–Trinajstić information content (AvgIpc) is 1.65. The Balaban J connectivity index is 0.861. The van der Waals surface area contributed by atoms with Crippen molar-refractivity contribution in [3.8, 4) is 0 Å². The molecule has 0 radical (unpaired) electrons. The maximum absolute atomic E-state index is 12.7. The first-order valence-corrected chi connectivity index (χ1v) is 31.5. The van der Waals surface area contributed by atoms with Crippen molar-refractivity contribution in [3.05, 3.63) is 0 Å². The molecule has 11 fully saturated rings. The summed E-state index contributed by atoms with van der Waals surface area (Å²) in [6, 6.07) is 0. The average molecular weight is 1250 g/mol. The van der Waals surface area contributed by atoms with Gasteiger partial charge in [-0.2, -0.15) is 0 Å². The Labute approximate surface area is 506 Å². The Morgan fingerprint density at radius 2 is 1.14 bits per heavy atom. The van der Waals surface area contributed by atoms with E-state index in [-0.39, 0.29) is 45.4 Å². The molecule has 0 aromatic carbocycles. The molecule has 2 bridgehead atoms. The lowest BCUT2D eigenvalue weighted by Crippen LogP contribution is -2.74. The molecule has 27 nitrogen and oxygen atoms in total. The van der Waals surface area contributed by atoms with E-state index >= 15 is 0 Å². The van der Waals surface area contributed by atoms with E-state index in [1.807, 2.05) is 0 Å². The lowest BCUT2D eigenvalue weighted by Gasteiger charge is -2.75. The highest BCUT2D eigenvalue weighted by atomic mass is 16.8. The number of hydrogen-bond acceptors (Lipinski definition) is 27. The molecular formula is C60H98O27. The Kier molecular flexibility index (Phi) is 18.7. The van der Waals surface area contributed by atoms with Gasteiger partial charge < -0.3 is 128 Å².